The van der Waals surface area contributed by atoms with Crippen molar-refractivity contribution in [2.24, 2.45) is 5.73 Å². The van der Waals surface area contributed by atoms with Gasteiger partial charge in [-0.3, -0.25) is 4.79 Å². The van der Waals surface area contributed by atoms with Gasteiger partial charge in [-0.15, -0.1) is 0 Å². The SMILES string of the molecule is CN(C)[C@@H]1CCN(c2ccc(Cl)c(C(N)=O)c2)C1. The Bertz CT molecular complexity index is 462. The Morgan fingerprint density at radius 3 is 2.78 bits per heavy atom. The average Bonchev–Trinajstić information content (AvgIpc) is 2.78. The van der Waals surface area contributed by atoms with E-state index < -0.39 is 5.91 Å². The van der Waals surface area contributed by atoms with Gasteiger partial charge in [0.05, 0.1) is 10.6 Å². The molecule has 2 rings (SSSR count). The lowest BCUT2D eigenvalue weighted by Gasteiger charge is -2.22. The summed E-state index contributed by atoms with van der Waals surface area (Å²) in [5, 5.41) is 0.412. The van der Waals surface area contributed by atoms with Gasteiger partial charge in [0, 0.05) is 24.8 Å². The molecule has 1 heterocycles. The first kappa shape index (κ1) is 13.2. The van der Waals surface area contributed by atoms with E-state index in [0.717, 1.165) is 25.2 Å². The van der Waals surface area contributed by atoms with Gasteiger partial charge in [0.2, 0.25) is 5.91 Å². The maximum Gasteiger partial charge on any atom is 0.250 e. The zero-order valence-corrected chi connectivity index (χ0v) is 11.4. The summed E-state index contributed by atoms with van der Waals surface area (Å²) in [6.45, 7) is 1.95. The van der Waals surface area contributed by atoms with Gasteiger partial charge in [-0.05, 0) is 38.7 Å². The highest BCUT2D eigenvalue weighted by atomic mass is 35.5. The van der Waals surface area contributed by atoms with E-state index in [0.29, 0.717) is 16.6 Å². The van der Waals surface area contributed by atoms with Gasteiger partial charge in [0.15, 0.2) is 0 Å². The molecule has 1 atom stereocenters. The van der Waals surface area contributed by atoms with Gasteiger partial charge < -0.3 is 15.5 Å². The first-order chi connectivity index (χ1) is 8.49. The van der Waals surface area contributed by atoms with E-state index in [1.54, 1.807) is 12.1 Å². The molecule has 1 fully saturated rings. The number of benzene rings is 1. The third-order valence-corrected chi connectivity index (χ3v) is 3.80. The molecule has 1 aromatic carbocycles. The van der Waals surface area contributed by atoms with E-state index in [2.05, 4.69) is 23.9 Å². The van der Waals surface area contributed by atoms with Crippen LogP contribution in [0, 0.1) is 0 Å². The molecule has 1 amide bonds. The smallest absolute Gasteiger partial charge is 0.250 e. The molecule has 0 radical (unpaired) electrons. The maximum atomic E-state index is 11.3. The second-order valence-corrected chi connectivity index (χ2v) is 5.29. The molecule has 1 aliphatic heterocycles. The first-order valence-electron chi connectivity index (χ1n) is 6.00. The highest BCUT2D eigenvalue weighted by Crippen LogP contribution is 2.26. The van der Waals surface area contributed by atoms with Gasteiger partial charge in [-0.2, -0.15) is 0 Å². The van der Waals surface area contributed by atoms with Crippen LogP contribution in [-0.4, -0.2) is 44.0 Å². The van der Waals surface area contributed by atoms with Gasteiger partial charge in [0.1, 0.15) is 0 Å². The van der Waals surface area contributed by atoms with Gasteiger partial charge in [-0.25, -0.2) is 0 Å². The standard InChI is InChI=1S/C13H18ClN3O/c1-16(2)10-5-6-17(8-10)9-3-4-12(14)11(7-9)13(15)18/h3-4,7,10H,5-6,8H2,1-2H3,(H2,15,18)/t10-/m1/s1. The molecule has 98 valence electrons. The highest BCUT2D eigenvalue weighted by Gasteiger charge is 2.24. The summed E-state index contributed by atoms with van der Waals surface area (Å²) in [7, 11) is 4.18. The zero-order chi connectivity index (χ0) is 13.3. The number of carbonyl (C=O) groups excluding carboxylic acids is 1. The predicted octanol–water partition coefficient (Wildman–Crippen LogP) is 1.58. The van der Waals surface area contributed by atoms with E-state index in [4.69, 9.17) is 17.3 Å². The van der Waals surface area contributed by atoms with Crippen LogP contribution in [0.15, 0.2) is 18.2 Å². The van der Waals surface area contributed by atoms with Crippen molar-refractivity contribution in [3.05, 3.63) is 28.8 Å². The summed E-state index contributed by atoms with van der Waals surface area (Å²) in [6, 6.07) is 6.01. The molecule has 0 aromatic heterocycles. The molecule has 1 aromatic rings. The fourth-order valence-electron chi connectivity index (χ4n) is 2.30. The quantitative estimate of drug-likeness (QED) is 0.905. The minimum absolute atomic E-state index is 0.391. The van der Waals surface area contributed by atoms with Crippen molar-refractivity contribution in [1.29, 1.82) is 0 Å². The topological polar surface area (TPSA) is 49.6 Å². The number of halogens is 1. The van der Waals surface area contributed by atoms with Crippen molar-refractivity contribution in [1.82, 2.24) is 4.90 Å². The van der Waals surface area contributed by atoms with Crippen LogP contribution >= 0.6 is 11.6 Å². The molecule has 0 saturated carbocycles. The summed E-state index contributed by atoms with van der Waals surface area (Å²) >= 11 is 5.95. The number of rotatable bonds is 3. The molecule has 0 spiro atoms. The number of hydrogen-bond acceptors (Lipinski definition) is 3. The lowest BCUT2D eigenvalue weighted by molar-refractivity contribution is 0.100. The second-order valence-electron chi connectivity index (χ2n) is 4.88. The van der Waals surface area contributed by atoms with Crippen LogP contribution < -0.4 is 10.6 Å². The second kappa shape index (κ2) is 5.16. The van der Waals surface area contributed by atoms with Crippen molar-refractivity contribution >= 4 is 23.2 Å². The van der Waals surface area contributed by atoms with Gasteiger partial charge in [0.25, 0.3) is 0 Å². The van der Waals surface area contributed by atoms with Crippen LogP contribution in [0.3, 0.4) is 0 Å². The Balaban J connectivity index is 2.20. The van der Waals surface area contributed by atoms with Gasteiger partial charge in [-0.1, -0.05) is 11.6 Å². The van der Waals surface area contributed by atoms with Crippen molar-refractivity contribution in [3.63, 3.8) is 0 Å². The number of likely N-dealkylation sites (N-methyl/N-ethyl adjacent to an activating group) is 1. The van der Waals surface area contributed by atoms with E-state index >= 15 is 0 Å². The minimum atomic E-state index is -0.481. The van der Waals surface area contributed by atoms with E-state index in [9.17, 15) is 4.79 Å². The van der Waals surface area contributed by atoms with E-state index in [1.165, 1.54) is 0 Å². The lowest BCUT2D eigenvalue weighted by Crippen LogP contribution is -2.31. The zero-order valence-electron chi connectivity index (χ0n) is 10.7. The lowest BCUT2D eigenvalue weighted by atomic mass is 10.2. The number of amides is 1. The molecule has 18 heavy (non-hydrogen) atoms. The Morgan fingerprint density at radius 2 is 2.22 bits per heavy atom. The van der Waals surface area contributed by atoms with Gasteiger partial charge >= 0.3 is 0 Å². The van der Waals surface area contributed by atoms with Crippen molar-refractivity contribution in [3.8, 4) is 0 Å². The molecule has 1 saturated heterocycles. The Hall–Kier alpha value is -1.26. The fourth-order valence-corrected chi connectivity index (χ4v) is 2.51. The van der Waals surface area contributed by atoms with E-state index in [-0.39, 0.29) is 0 Å². The third-order valence-electron chi connectivity index (χ3n) is 3.47. The van der Waals surface area contributed by atoms with Crippen molar-refractivity contribution in [2.45, 2.75) is 12.5 Å². The van der Waals surface area contributed by atoms with Crippen LogP contribution in [0.1, 0.15) is 16.8 Å². The summed E-state index contributed by atoms with van der Waals surface area (Å²) in [5.41, 5.74) is 6.71. The predicted molar refractivity (Wildman–Crippen MR) is 74.3 cm³/mol. The Morgan fingerprint density at radius 1 is 1.50 bits per heavy atom. The Labute approximate surface area is 112 Å². The van der Waals surface area contributed by atoms with Crippen LogP contribution in [-0.2, 0) is 0 Å². The van der Waals surface area contributed by atoms with Crippen LogP contribution in [0.5, 0.6) is 0 Å². The molecule has 0 aliphatic carbocycles. The molecule has 0 bridgehead atoms. The number of anilines is 1. The molecular formula is C13H18ClN3O. The molecule has 0 unspecified atom stereocenters. The number of hydrogen-bond donors (Lipinski definition) is 1. The molecule has 2 N–H and O–H groups in total. The summed E-state index contributed by atoms with van der Waals surface area (Å²) < 4.78 is 0. The molecule has 1 aliphatic rings. The highest BCUT2D eigenvalue weighted by molar-refractivity contribution is 6.33. The number of primary amides is 1. The summed E-state index contributed by atoms with van der Waals surface area (Å²) in [4.78, 5) is 15.8. The number of nitrogens with two attached hydrogens (primary N) is 1. The largest absolute Gasteiger partial charge is 0.370 e. The van der Waals surface area contributed by atoms with Crippen molar-refractivity contribution < 1.29 is 4.79 Å². The van der Waals surface area contributed by atoms with Crippen LogP contribution in [0.4, 0.5) is 5.69 Å². The minimum Gasteiger partial charge on any atom is -0.370 e. The van der Waals surface area contributed by atoms with Crippen LogP contribution in [0.2, 0.25) is 5.02 Å². The average molecular weight is 268 g/mol. The molecule has 4 nitrogen and oxygen atoms in total. The summed E-state index contributed by atoms with van der Waals surface area (Å²) in [5.74, 6) is -0.481. The molecular weight excluding hydrogens is 250 g/mol. The first-order valence-corrected chi connectivity index (χ1v) is 6.37. The Kier molecular flexibility index (Phi) is 3.78. The number of carbonyl (C=O) groups is 1. The fraction of sp³-hybridized carbons (Fsp3) is 0.462. The maximum absolute atomic E-state index is 11.3. The van der Waals surface area contributed by atoms with E-state index in [1.807, 2.05) is 6.07 Å². The monoisotopic (exact) mass is 267 g/mol. The number of nitrogens with zero attached hydrogens (tertiary/aromatic N) is 2. The van der Waals surface area contributed by atoms with Crippen LogP contribution in [0.25, 0.3) is 0 Å². The summed E-state index contributed by atoms with van der Waals surface area (Å²) in [6.07, 6.45) is 1.13. The third kappa shape index (κ3) is 2.60. The normalized spacial score (nSPS) is 19.6. The van der Waals surface area contributed by atoms with Crippen molar-refractivity contribution in [2.75, 3.05) is 32.1 Å². The molecule has 5 heteroatoms.